The Bertz CT molecular complexity index is 365. The standard InChI is InChI=1S/C13H16.C2H2/c1-4-7-12(5-2)13-9-6-8-11(3)10-13;1-2/h4-10H,1-3H3;1-2H/b7-4-,12-5+;. The highest BCUT2D eigenvalue weighted by Gasteiger charge is 1.95. The van der Waals surface area contributed by atoms with Crippen molar-refractivity contribution in [2.75, 3.05) is 0 Å². The molecule has 0 amide bonds. The summed E-state index contributed by atoms with van der Waals surface area (Å²) in [6.45, 7) is 6.23. The van der Waals surface area contributed by atoms with Gasteiger partial charge in [-0.1, -0.05) is 48.1 Å². The number of benzene rings is 1. The molecule has 0 radical (unpaired) electrons. The molecule has 0 unspecified atom stereocenters. The van der Waals surface area contributed by atoms with E-state index < -0.39 is 0 Å². The Kier molecular flexibility index (Phi) is 6.76. The summed E-state index contributed by atoms with van der Waals surface area (Å²) in [6.07, 6.45) is 14.3. The molecule has 0 heterocycles. The first-order valence-corrected chi connectivity index (χ1v) is 4.97. The third-order valence-electron chi connectivity index (χ3n) is 2.01. The number of aryl methyl sites for hydroxylation is 1. The molecule has 15 heavy (non-hydrogen) atoms. The van der Waals surface area contributed by atoms with Gasteiger partial charge >= 0.3 is 0 Å². The van der Waals surface area contributed by atoms with E-state index in [1.807, 2.05) is 6.92 Å². The maximum atomic E-state index is 4.00. The van der Waals surface area contributed by atoms with Crippen LogP contribution in [0, 0.1) is 19.8 Å². The van der Waals surface area contributed by atoms with E-state index in [1.165, 1.54) is 16.7 Å². The van der Waals surface area contributed by atoms with E-state index in [9.17, 15) is 0 Å². The van der Waals surface area contributed by atoms with Gasteiger partial charge in [-0.15, -0.1) is 12.8 Å². The average Bonchev–Trinajstić information content (AvgIpc) is 2.28. The summed E-state index contributed by atoms with van der Waals surface area (Å²) in [5.41, 5.74) is 3.88. The Morgan fingerprint density at radius 3 is 2.33 bits per heavy atom. The maximum absolute atomic E-state index is 4.00. The van der Waals surface area contributed by atoms with Gasteiger partial charge in [-0.2, -0.15) is 0 Å². The predicted molar refractivity (Wildman–Crippen MR) is 69.5 cm³/mol. The van der Waals surface area contributed by atoms with Crippen LogP contribution in [0.3, 0.4) is 0 Å². The number of hydrogen-bond acceptors (Lipinski definition) is 0. The third kappa shape index (κ3) is 4.33. The fraction of sp³-hybridized carbons (Fsp3) is 0.200. The minimum Gasteiger partial charge on any atom is -0.124 e. The fourth-order valence-corrected chi connectivity index (χ4v) is 1.36. The minimum absolute atomic E-state index is 1.28. The zero-order chi connectivity index (χ0) is 11.7. The molecule has 0 bridgehead atoms. The molecule has 1 rings (SSSR count). The van der Waals surface area contributed by atoms with Crippen LogP contribution in [0.1, 0.15) is 25.0 Å². The molecule has 0 heteroatoms. The van der Waals surface area contributed by atoms with Crippen molar-refractivity contribution in [1.82, 2.24) is 0 Å². The van der Waals surface area contributed by atoms with Crippen LogP contribution in [0.15, 0.2) is 42.5 Å². The van der Waals surface area contributed by atoms with E-state index in [0.717, 1.165) is 0 Å². The van der Waals surface area contributed by atoms with Crippen molar-refractivity contribution >= 4 is 5.57 Å². The highest BCUT2D eigenvalue weighted by molar-refractivity contribution is 5.73. The highest BCUT2D eigenvalue weighted by atomic mass is 14.0. The van der Waals surface area contributed by atoms with Gasteiger partial charge in [0.05, 0.1) is 0 Å². The second kappa shape index (κ2) is 7.64. The van der Waals surface area contributed by atoms with Crippen LogP contribution < -0.4 is 0 Å². The van der Waals surface area contributed by atoms with Gasteiger partial charge in [0.1, 0.15) is 0 Å². The second-order valence-electron chi connectivity index (χ2n) is 3.11. The fourth-order valence-electron chi connectivity index (χ4n) is 1.36. The zero-order valence-corrected chi connectivity index (χ0v) is 9.70. The molecule has 1 aromatic rings. The van der Waals surface area contributed by atoms with Crippen LogP contribution in [0.4, 0.5) is 0 Å². The van der Waals surface area contributed by atoms with Crippen molar-refractivity contribution in [3.05, 3.63) is 53.6 Å². The van der Waals surface area contributed by atoms with E-state index in [4.69, 9.17) is 0 Å². The topological polar surface area (TPSA) is 0 Å². The first kappa shape index (κ1) is 13.3. The molecule has 0 aromatic heterocycles. The van der Waals surface area contributed by atoms with E-state index in [1.54, 1.807) is 0 Å². The summed E-state index contributed by atoms with van der Waals surface area (Å²) in [7, 11) is 0. The summed E-state index contributed by atoms with van der Waals surface area (Å²) in [6, 6.07) is 8.56. The van der Waals surface area contributed by atoms with Crippen molar-refractivity contribution < 1.29 is 0 Å². The van der Waals surface area contributed by atoms with Gasteiger partial charge in [0.25, 0.3) is 0 Å². The second-order valence-corrected chi connectivity index (χ2v) is 3.11. The molecule has 0 aliphatic rings. The van der Waals surface area contributed by atoms with Gasteiger partial charge in [-0.3, -0.25) is 0 Å². The number of hydrogen-bond donors (Lipinski definition) is 0. The third-order valence-corrected chi connectivity index (χ3v) is 2.01. The van der Waals surface area contributed by atoms with Crippen molar-refractivity contribution in [3.8, 4) is 12.8 Å². The summed E-state index contributed by atoms with van der Waals surface area (Å²) in [5, 5.41) is 0. The smallest absolute Gasteiger partial charge is 0.0185 e. The Morgan fingerprint density at radius 1 is 1.20 bits per heavy atom. The molecule has 0 fully saturated rings. The van der Waals surface area contributed by atoms with Crippen LogP contribution in [-0.2, 0) is 0 Å². The Hall–Kier alpha value is -1.74. The lowest BCUT2D eigenvalue weighted by Gasteiger charge is -2.02. The van der Waals surface area contributed by atoms with Gasteiger partial charge in [0.15, 0.2) is 0 Å². The first-order chi connectivity index (χ1) is 7.27. The van der Waals surface area contributed by atoms with Crippen molar-refractivity contribution in [2.24, 2.45) is 0 Å². The van der Waals surface area contributed by atoms with Gasteiger partial charge < -0.3 is 0 Å². The normalized spacial score (nSPS) is 10.9. The minimum atomic E-state index is 1.28. The average molecular weight is 198 g/mol. The molecule has 0 saturated heterocycles. The first-order valence-electron chi connectivity index (χ1n) is 4.97. The van der Waals surface area contributed by atoms with Crippen LogP contribution >= 0.6 is 0 Å². The lowest BCUT2D eigenvalue weighted by molar-refractivity contribution is 1.44. The van der Waals surface area contributed by atoms with E-state index >= 15 is 0 Å². The molecule has 0 spiro atoms. The maximum Gasteiger partial charge on any atom is -0.0185 e. The molecule has 0 aliphatic heterocycles. The lowest BCUT2D eigenvalue weighted by Crippen LogP contribution is -1.81. The number of rotatable bonds is 2. The Morgan fingerprint density at radius 2 is 1.87 bits per heavy atom. The highest BCUT2D eigenvalue weighted by Crippen LogP contribution is 2.16. The van der Waals surface area contributed by atoms with E-state index in [-0.39, 0.29) is 0 Å². The van der Waals surface area contributed by atoms with Crippen molar-refractivity contribution in [1.29, 1.82) is 0 Å². The molecule has 0 saturated carbocycles. The molecule has 78 valence electrons. The van der Waals surface area contributed by atoms with Crippen LogP contribution in [-0.4, -0.2) is 0 Å². The van der Waals surface area contributed by atoms with Crippen molar-refractivity contribution in [3.63, 3.8) is 0 Å². The van der Waals surface area contributed by atoms with Gasteiger partial charge in [0.2, 0.25) is 0 Å². The van der Waals surface area contributed by atoms with Gasteiger partial charge in [-0.25, -0.2) is 0 Å². The summed E-state index contributed by atoms with van der Waals surface area (Å²) in [4.78, 5) is 0. The monoisotopic (exact) mass is 198 g/mol. The molecular weight excluding hydrogens is 180 g/mol. The van der Waals surface area contributed by atoms with Crippen LogP contribution in [0.25, 0.3) is 5.57 Å². The van der Waals surface area contributed by atoms with Crippen LogP contribution in [0.5, 0.6) is 0 Å². The predicted octanol–water partition coefficient (Wildman–Crippen LogP) is 4.22. The number of allylic oxidation sites excluding steroid dienone is 4. The molecule has 0 aliphatic carbocycles. The molecule has 0 N–H and O–H groups in total. The van der Waals surface area contributed by atoms with E-state index in [2.05, 4.69) is 69.2 Å². The summed E-state index contributed by atoms with van der Waals surface area (Å²) in [5.74, 6) is 0. The lowest BCUT2D eigenvalue weighted by atomic mass is 10.0. The molecular formula is C15H18. The van der Waals surface area contributed by atoms with Crippen LogP contribution in [0.2, 0.25) is 0 Å². The molecule has 0 atom stereocenters. The SMILES string of the molecule is C#C.C/C=C\C(=C/C)c1cccc(C)c1. The van der Waals surface area contributed by atoms with Gasteiger partial charge in [-0.05, 0) is 31.9 Å². The Balaban J connectivity index is 0.000000921. The zero-order valence-electron chi connectivity index (χ0n) is 9.70. The van der Waals surface area contributed by atoms with Gasteiger partial charge in [0, 0.05) is 0 Å². The molecule has 0 nitrogen and oxygen atoms in total. The summed E-state index contributed by atoms with van der Waals surface area (Å²) >= 11 is 0. The van der Waals surface area contributed by atoms with E-state index in [0.29, 0.717) is 0 Å². The van der Waals surface area contributed by atoms with Crippen molar-refractivity contribution in [2.45, 2.75) is 20.8 Å². The Labute approximate surface area is 93.3 Å². The largest absolute Gasteiger partial charge is 0.124 e. The quantitative estimate of drug-likeness (QED) is 0.493. The molecule has 1 aromatic carbocycles. The number of terminal acetylenes is 1. The summed E-state index contributed by atoms with van der Waals surface area (Å²) < 4.78 is 0.